The Kier molecular flexibility index (Phi) is 3.03. The average Bonchev–Trinajstić information content (AvgIpc) is 2.27. The maximum absolute atomic E-state index is 10.7. The molecule has 1 aliphatic rings. The van der Waals surface area contributed by atoms with E-state index in [-0.39, 0.29) is 11.8 Å². The Morgan fingerprint density at radius 3 is 2.64 bits per heavy atom. The van der Waals surface area contributed by atoms with Crippen LogP contribution in [0.15, 0.2) is 12.2 Å². The summed E-state index contributed by atoms with van der Waals surface area (Å²) < 4.78 is 0. The fourth-order valence-electron chi connectivity index (χ4n) is 2.53. The van der Waals surface area contributed by atoms with E-state index >= 15 is 0 Å². The highest BCUT2D eigenvalue weighted by Crippen LogP contribution is 2.50. The molecule has 0 spiro atoms. The highest BCUT2D eigenvalue weighted by atomic mass is 16.4. The van der Waals surface area contributed by atoms with Gasteiger partial charge >= 0.3 is 5.97 Å². The zero-order valence-electron chi connectivity index (χ0n) is 9.34. The number of hydrogen-bond acceptors (Lipinski definition) is 1. The van der Waals surface area contributed by atoms with E-state index in [1.807, 2.05) is 6.92 Å². The monoisotopic (exact) mass is 196 g/mol. The van der Waals surface area contributed by atoms with Crippen LogP contribution in [0.25, 0.3) is 0 Å². The van der Waals surface area contributed by atoms with Gasteiger partial charge < -0.3 is 5.11 Å². The van der Waals surface area contributed by atoms with Crippen LogP contribution in [0, 0.1) is 17.3 Å². The van der Waals surface area contributed by atoms with Gasteiger partial charge in [-0.15, -0.1) is 0 Å². The molecule has 2 heteroatoms. The Bertz CT molecular complexity index is 255. The maximum Gasteiger partial charge on any atom is 0.304 e. The normalized spacial score (nSPS) is 32.6. The summed E-state index contributed by atoms with van der Waals surface area (Å²) in [5, 5.41) is 8.84. The first-order valence-corrected chi connectivity index (χ1v) is 5.28. The van der Waals surface area contributed by atoms with Crippen LogP contribution in [-0.2, 0) is 4.79 Å². The smallest absolute Gasteiger partial charge is 0.304 e. The molecule has 1 aliphatic carbocycles. The lowest BCUT2D eigenvalue weighted by molar-refractivity contribution is -0.138. The van der Waals surface area contributed by atoms with Crippen LogP contribution < -0.4 is 0 Å². The zero-order valence-corrected chi connectivity index (χ0v) is 9.34. The molecule has 0 aromatic carbocycles. The van der Waals surface area contributed by atoms with E-state index < -0.39 is 5.97 Å². The highest BCUT2D eigenvalue weighted by molar-refractivity contribution is 5.68. The van der Waals surface area contributed by atoms with E-state index in [4.69, 9.17) is 5.11 Å². The minimum absolute atomic E-state index is 0.166. The van der Waals surface area contributed by atoms with Gasteiger partial charge in [0.05, 0.1) is 6.42 Å². The molecular formula is C12H20O2. The van der Waals surface area contributed by atoms with Crippen LogP contribution in [0.3, 0.4) is 0 Å². The molecule has 1 N–H and O–H groups in total. The minimum atomic E-state index is -0.710. The number of aliphatic carboxylic acids is 1. The summed E-state index contributed by atoms with van der Waals surface area (Å²) in [7, 11) is 0. The van der Waals surface area contributed by atoms with Gasteiger partial charge in [-0.1, -0.05) is 32.9 Å². The lowest BCUT2D eigenvalue weighted by Crippen LogP contribution is -2.20. The van der Waals surface area contributed by atoms with Crippen molar-refractivity contribution in [2.75, 3.05) is 0 Å². The molecular weight excluding hydrogens is 176 g/mol. The third kappa shape index (κ3) is 1.99. The second-order valence-corrected chi connectivity index (χ2v) is 5.05. The molecule has 0 radical (unpaired) electrons. The first kappa shape index (κ1) is 11.3. The molecule has 1 rings (SSSR count). The maximum atomic E-state index is 10.7. The van der Waals surface area contributed by atoms with Crippen molar-refractivity contribution < 1.29 is 9.90 Å². The molecule has 0 aromatic rings. The SMILES string of the molecule is C=C1C(C(C)C)CCC1(C)CC(=O)O. The molecule has 0 aliphatic heterocycles. The Morgan fingerprint density at radius 1 is 1.71 bits per heavy atom. The van der Waals surface area contributed by atoms with Gasteiger partial charge in [-0.05, 0) is 30.1 Å². The summed E-state index contributed by atoms with van der Waals surface area (Å²) in [6, 6.07) is 0. The van der Waals surface area contributed by atoms with Crippen LogP contribution in [0.5, 0.6) is 0 Å². The molecule has 1 fully saturated rings. The van der Waals surface area contributed by atoms with Gasteiger partial charge in [0.15, 0.2) is 0 Å². The number of carbonyl (C=O) groups is 1. The summed E-state index contributed by atoms with van der Waals surface area (Å²) in [4.78, 5) is 10.7. The summed E-state index contributed by atoms with van der Waals surface area (Å²) in [5.41, 5.74) is 0.982. The Balaban J connectivity index is 2.76. The van der Waals surface area contributed by atoms with Crippen LogP contribution >= 0.6 is 0 Å². The molecule has 0 amide bonds. The van der Waals surface area contributed by atoms with Gasteiger partial charge in [-0.25, -0.2) is 0 Å². The van der Waals surface area contributed by atoms with E-state index in [1.165, 1.54) is 0 Å². The Morgan fingerprint density at radius 2 is 2.29 bits per heavy atom. The van der Waals surface area contributed by atoms with E-state index in [1.54, 1.807) is 0 Å². The first-order valence-electron chi connectivity index (χ1n) is 5.28. The van der Waals surface area contributed by atoms with Crippen molar-refractivity contribution in [1.29, 1.82) is 0 Å². The van der Waals surface area contributed by atoms with E-state index in [0.717, 1.165) is 18.4 Å². The fourth-order valence-corrected chi connectivity index (χ4v) is 2.53. The number of carboxylic acids is 1. The summed E-state index contributed by atoms with van der Waals surface area (Å²) >= 11 is 0. The van der Waals surface area contributed by atoms with Crippen molar-refractivity contribution in [1.82, 2.24) is 0 Å². The molecule has 0 aromatic heterocycles. The van der Waals surface area contributed by atoms with Crippen molar-refractivity contribution in [2.24, 2.45) is 17.3 Å². The molecule has 14 heavy (non-hydrogen) atoms. The zero-order chi connectivity index (χ0) is 10.9. The number of allylic oxidation sites excluding steroid dienone is 1. The molecule has 0 saturated heterocycles. The summed E-state index contributed by atoms with van der Waals surface area (Å²) in [5.74, 6) is 0.385. The number of carboxylic acid groups (broad SMARTS) is 1. The molecule has 80 valence electrons. The Labute approximate surface area is 86.0 Å². The standard InChI is InChI=1S/C12H20O2/c1-8(2)10-5-6-12(4,9(10)3)7-11(13)14/h8,10H,3,5-7H2,1-2,4H3,(H,13,14). The van der Waals surface area contributed by atoms with Crippen LogP contribution in [0.2, 0.25) is 0 Å². The van der Waals surface area contributed by atoms with Crippen molar-refractivity contribution in [3.05, 3.63) is 12.2 Å². The lowest BCUT2D eigenvalue weighted by atomic mass is 9.78. The summed E-state index contributed by atoms with van der Waals surface area (Å²) in [6.07, 6.45) is 2.30. The van der Waals surface area contributed by atoms with Gasteiger partial charge in [0, 0.05) is 0 Å². The quantitative estimate of drug-likeness (QED) is 0.704. The molecule has 1 saturated carbocycles. The van der Waals surface area contributed by atoms with Gasteiger partial charge in [-0.2, -0.15) is 0 Å². The van der Waals surface area contributed by atoms with Crippen molar-refractivity contribution in [2.45, 2.75) is 40.0 Å². The highest BCUT2D eigenvalue weighted by Gasteiger charge is 2.41. The van der Waals surface area contributed by atoms with E-state index in [9.17, 15) is 4.79 Å². The topological polar surface area (TPSA) is 37.3 Å². The molecule has 0 heterocycles. The molecule has 0 bridgehead atoms. The fraction of sp³-hybridized carbons (Fsp3) is 0.750. The number of rotatable bonds is 3. The van der Waals surface area contributed by atoms with Gasteiger partial charge in [0.25, 0.3) is 0 Å². The Hall–Kier alpha value is -0.790. The number of hydrogen-bond donors (Lipinski definition) is 1. The van der Waals surface area contributed by atoms with Gasteiger partial charge in [0.2, 0.25) is 0 Å². The van der Waals surface area contributed by atoms with Crippen molar-refractivity contribution in [3.8, 4) is 0 Å². The van der Waals surface area contributed by atoms with Crippen molar-refractivity contribution in [3.63, 3.8) is 0 Å². The molecule has 2 atom stereocenters. The largest absolute Gasteiger partial charge is 0.481 e. The molecule has 2 unspecified atom stereocenters. The second kappa shape index (κ2) is 3.76. The molecule has 2 nitrogen and oxygen atoms in total. The lowest BCUT2D eigenvalue weighted by Gasteiger charge is -2.26. The van der Waals surface area contributed by atoms with E-state index in [0.29, 0.717) is 11.8 Å². The second-order valence-electron chi connectivity index (χ2n) is 5.05. The predicted octanol–water partition coefficient (Wildman–Crippen LogP) is 3.09. The third-order valence-electron chi connectivity index (χ3n) is 3.58. The van der Waals surface area contributed by atoms with Crippen LogP contribution in [0.1, 0.15) is 40.0 Å². The first-order chi connectivity index (χ1) is 6.37. The van der Waals surface area contributed by atoms with E-state index in [2.05, 4.69) is 20.4 Å². The van der Waals surface area contributed by atoms with Gasteiger partial charge in [0.1, 0.15) is 0 Å². The van der Waals surface area contributed by atoms with Crippen LogP contribution in [0.4, 0.5) is 0 Å². The average molecular weight is 196 g/mol. The van der Waals surface area contributed by atoms with Gasteiger partial charge in [-0.3, -0.25) is 4.79 Å². The van der Waals surface area contributed by atoms with Crippen LogP contribution in [-0.4, -0.2) is 11.1 Å². The third-order valence-corrected chi connectivity index (χ3v) is 3.58. The summed E-state index contributed by atoms with van der Waals surface area (Å²) in [6.45, 7) is 10.5. The predicted molar refractivity (Wildman–Crippen MR) is 57.1 cm³/mol. The minimum Gasteiger partial charge on any atom is -0.481 e. The van der Waals surface area contributed by atoms with Crippen molar-refractivity contribution >= 4 is 5.97 Å².